The number of hydrogen-bond acceptors (Lipinski definition) is 4. The van der Waals surface area contributed by atoms with Crippen molar-refractivity contribution in [2.45, 2.75) is 6.92 Å². The Morgan fingerprint density at radius 3 is 2.71 bits per heavy atom. The lowest BCUT2D eigenvalue weighted by molar-refractivity contribution is 0.121. The van der Waals surface area contributed by atoms with Crippen LogP contribution in [-0.4, -0.2) is 13.3 Å². The first-order valence-corrected chi connectivity index (χ1v) is 4.24. The van der Waals surface area contributed by atoms with Gasteiger partial charge in [0, 0.05) is 5.69 Å². The predicted octanol–water partition coefficient (Wildman–Crippen LogP) is 2.38. The lowest BCUT2D eigenvalue weighted by atomic mass is 10.2. The third-order valence-electron chi connectivity index (χ3n) is 1.75. The summed E-state index contributed by atoms with van der Waals surface area (Å²) in [6.07, 6.45) is -0.809. The maximum atomic E-state index is 10.8. The molecule has 2 N–H and O–H groups in total. The van der Waals surface area contributed by atoms with Crippen molar-refractivity contribution in [3.05, 3.63) is 22.7 Å². The standard InChI is InChI=1S/C9H10ClNO3/c1-5-6(11)3-4-7(8(5)10)14-9(12)13-2/h3-4H,11H2,1-2H3. The molecule has 0 fully saturated rings. The highest BCUT2D eigenvalue weighted by atomic mass is 35.5. The molecule has 5 heteroatoms. The first-order valence-electron chi connectivity index (χ1n) is 3.86. The van der Waals surface area contributed by atoms with Gasteiger partial charge in [0.15, 0.2) is 5.75 Å². The van der Waals surface area contributed by atoms with Crippen molar-refractivity contribution in [3.63, 3.8) is 0 Å². The molecule has 0 saturated carbocycles. The van der Waals surface area contributed by atoms with E-state index in [1.54, 1.807) is 13.0 Å². The third-order valence-corrected chi connectivity index (χ3v) is 2.22. The number of nitrogens with two attached hydrogens (primary N) is 1. The SMILES string of the molecule is COC(=O)Oc1ccc(N)c(C)c1Cl. The topological polar surface area (TPSA) is 61.5 Å². The average molecular weight is 216 g/mol. The summed E-state index contributed by atoms with van der Waals surface area (Å²) >= 11 is 5.89. The number of halogens is 1. The van der Waals surface area contributed by atoms with Crippen molar-refractivity contribution in [2.75, 3.05) is 12.8 Å². The minimum Gasteiger partial charge on any atom is -0.437 e. The second kappa shape index (κ2) is 4.19. The molecule has 0 radical (unpaired) electrons. The molecule has 0 atom stereocenters. The van der Waals surface area contributed by atoms with E-state index in [0.717, 1.165) is 0 Å². The van der Waals surface area contributed by atoms with Gasteiger partial charge < -0.3 is 15.2 Å². The highest BCUT2D eigenvalue weighted by Crippen LogP contribution is 2.31. The molecule has 1 aromatic carbocycles. The second-order valence-corrected chi connectivity index (χ2v) is 3.03. The minimum absolute atomic E-state index is 0.241. The number of ether oxygens (including phenoxy) is 2. The van der Waals surface area contributed by atoms with Gasteiger partial charge in [0.1, 0.15) is 0 Å². The Morgan fingerprint density at radius 1 is 1.50 bits per heavy atom. The van der Waals surface area contributed by atoms with Crippen LogP contribution in [0.15, 0.2) is 12.1 Å². The van der Waals surface area contributed by atoms with Crippen LogP contribution in [0, 0.1) is 6.92 Å². The molecule has 0 aromatic heterocycles. The van der Waals surface area contributed by atoms with Gasteiger partial charge in [0.05, 0.1) is 12.1 Å². The predicted molar refractivity (Wildman–Crippen MR) is 53.6 cm³/mol. The van der Waals surface area contributed by atoms with Crippen LogP contribution in [-0.2, 0) is 4.74 Å². The molecule has 0 aliphatic rings. The maximum Gasteiger partial charge on any atom is 0.513 e. The Labute approximate surface area is 86.6 Å². The molecule has 0 bridgehead atoms. The van der Waals surface area contributed by atoms with Gasteiger partial charge in [-0.25, -0.2) is 4.79 Å². The van der Waals surface area contributed by atoms with E-state index in [1.165, 1.54) is 13.2 Å². The highest BCUT2D eigenvalue weighted by Gasteiger charge is 2.11. The Hall–Kier alpha value is -1.42. The van der Waals surface area contributed by atoms with E-state index in [-0.39, 0.29) is 5.75 Å². The Morgan fingerprint density at radius 2 is 2.14 bits per heavy atom. The summed E-state index contributed by atoms with van der Waals surface area (Å²) in [6, 6.07) is 3.13. The molecule has 4 nitrogen and oxygen atoms in total. The van der Waals surface area contributed by atoms with E-state index in [9.17, 15) is 4.79 Å². The van der Waals surface area contributed by atoms with Crippen molar-refractivity contribution >= 4 is 23.4 Å². The number of benzene rings is 1. The van der Waals surface area contributed by atoms with E-state index >= 15 is 0 Å². The zero-order chi connectivity index (χ0) is 10.7. The lowest BCUT2D eigenvalue weighted by Crippen LogP contribution is -2.08. The molecule has 0 heterocycles. The van der Waals surface area contributed by atoms with Crippen LogP contribution in [0.25, 0.3) is 0 Å². The first kappa shape index (κ1) is 10.7. The number of methoxy groups -OCH3 is 1. The van der Waals surface area contributed by atoms with Crippen LogP contribution >= 0.6 is 11.6 Å². The Bertz CT molecular complexity index is 365. The zero-order valence-corrected chi connectivity index (χ0v) is 8.59. The van der Waals surface area contributed by atoms with Gasteiger partial charge in [-0.3, -0.25) is 0 Å². The largest absolute Gasteiger partial charge is 0.513 e. The molecule has 0 aliphatic carbocycles. The smallest absolute Gasteiger partial charge is 0.437 e. The van der Waals surface area contributed by atoms with Crippen LogP contribution < -0.4 is 10.5 Å². The van der Waals surface area contributed by atoms with Crippen LogP contribution in [0.3, 0.4) is 0 Å². The number of carbonyl (C=O) groups is 1. The van der Waals surface area contributed by atoms with E-state index in [0.29, 0.717) is 16.3 Å². The summed E-state index contributed by atoms with van der Waals surface area (Å²) in [5.74, 6) is 0.241. The van der Waals surface area contributed by atoms with Gasteiger partial charge in [-0.2, -0.15) is 0 Å². The molecule has 0 unspecified atom stereocenters. The molecular weight excluding hydrogens is 206 g/mol. The van der Waals surface area contributed by atoms with Crippen LogP contribution in [0.4, 0.5) is 10.5 Å². The lowest BCUT2D eigenvalue weighted by Gasteiger charge is -2.08. The monoisotopic (exact) mass is 215 g/mol. The average Bonchev–Trinajstić information content (AvgIpc) is 2.19. The zero-order valence-electron chi connectivity index (χ0n) is 7.83. The third kappa shape index (κ3) is 2.09. The van der Waals surface area contributed by atoms with Crippen molar-refractivity contribution in [1.29, 1.82) is 0 Å². The summed E-state index contributed by atoms with van der Waals surface area (Å²) in [7, 11) is 1.22. The molecule has 0 spiro atoms. The van der Waals surface area contributed by atoms with Crippen molar-refractivity contribution in [3.8, 4) is 5.75 Å². The van der Waals surface area contributed by atoms with Gasteiger partial charge in [-0.15, -0.1) is 0 Å². The number of rotatable bonds is 1. The minimum atomic E-state index is -0.809. The highest BCUT2D eigenvalue weighted by molar-refractivity contribution is 6.33. The molecule has 0 aliphatic heterocycles. The fourth-order valence-electron chi connectivity index (χ4n) is 0.885. The molecule has 0 saturated heterocycles. The summed E-state index contributed by atoms with van der Waals surface area (Å²) in [5, 5.41) is 0.315. The van der Waals surface area contributed by atoms with E-state index in [1.807, 2.05) is 0 Å². The van der Waals surface area contributed by atoms with Crippen LogP contribution in [0.1, 0.15) is 5.56 Å². The molecular formula is C9H10ClNO3. The summed E-state index contributed by atoms with van der Waals surface area (Å²) in [5.41, 5.74) is 6.82. The van der Waals surface area contributed by atoms with Gasteiger partial charge in [-0.1, -0.05) is 11.6 Å². The van der Waals surface area contributed by atoms with Gasteiger partial charge in [-0.05, 0) is 24.6 Å². The molecule has 1 rings (SSSR count). The van der Waals surface area contributed by atoms with Crippen LogP contribution in [0.5, 0.6) is 5.75 Å². The molecule has 76 valence electrons. The van der Waals surface area contributed by atoms with Crippen molar-refractivity contribution in [2.24, 2.45) is 0 Å². The molecule has 1 aromatic rings. The summed E-state index contributed by atoms with van der Waals surface area (Å²) < 4.78 is 9.11. The Balaban J connectivity index is 3.00. The van der Waals surface area contributed by atoms with Crippen LogP contribution in [0.2, 0.25) is 5.02 Å². The number of nitrogen functional groups attached to an aromatic ring is 1. The normalized spacial score (nSPS) is 9.64. The fraction of sp³-hybridized carbons (Fsp3) is 0.222. The van der Waals surface area contributed by atoms with Gasteiger partial charge in [0.2, 0.25) is 0 Å². The van der Waals surface area contributed by atoms with Gasteiger partial charge >= 0.3 is 6.16 Å². The fourth-order valence-corrected chi connectivity index (χ4v) is 1.10. The summed E-state index contributed by atoms with van der Waals surface area (Å²) in [4.78, 5) is 10.8. The number of anilines is 1. The maximum absolute atomic E-state index is 10.8. The first-order chi connectivity index (χ1) is 6.56. The summed E-state index contributed by atoms with van der Waals surface area (Å²) in [6.45, 7) is 1.74. The number of hydrogen-bond donors (Lipinski definition) is 1. The number of carbonyl (C=O) groups excluding carboxylic acids is 1. The Kier molecular flexibility index (Phi) is 3.19. The van der Waals surface area contributed by atoms with E-state index in [2.05, 4.69) is 4.74 Å². The van der Waals surface area contributed by atoms with Gasteiger partial charge in [0.25, 0.3) is 0 Å². The van der Waals surface area contributed by atoms with Crippen molar-refractivity contribution < 1.29 is 14.3 Å². The van der Waals surface area contributed by atoms with Crippen molar-refractivity contribution in [1.82, 2.24) is 0 Å². The quantitative estimate of drug-likeness (QED) is 0.444. The van der Waals surface area contributed by atoms with E-state index in [4.69, 9.17) is 22.1 Å². The van der Waals surface area contributed by atoms with E-state index < -0.39 is 6.16 Å². The molecule has 14 heavy (non-hydrogen) atoms. The second-order valence-electron chi connectivity index (χ2n) is 2.65. The molecule has 0 amide bonds.